The molecule has 0 amide bonds. The Morgan fingerprint density at radius 1 is 1.56 bits per heavy atom. The van der Waals surface area contributed by atoms with Crippen molar-refractivity contribution in [3.63, 3.8) is 0 Å². The highest BCUT2D eigenvalue weighted by molar-refractivity contribution is 5.82. The normalized spacial score (nSPS) is 22.6. The van der Waals surface area contributed by atoms with Gasteiger partial charge in [0, 0.05) is 12.8 Å². The standard InChI is InChI=1S/C13H20O3/c1-3-4-5-6-10(2)13(15)16-12-8-7-11(14)9-12/h4-5,10,12H,3,6-9H2,1-2H3. The van der Waals surface area contributed by atoms with E-state index in [0.29, 0.717) is 25.7 Å². The third-order valence-electron chi connectivity index (χ3n) is 2.78. The average Bonchev–Trinajstić information content (AvgIpc) is 2.64. The van der Waals surface area contributed by atoms with Gasteiger partial charge in [0.25, 0.3) is 0 Å². The summed E-state index contributed by atoms with van der Waals surface area (Å²) in [4.78, 5) is 22.6. The van der Waals surface area contributed by atoms with Crippen LogP contribution in [0.25, 0.3) is 0 Å². The van der Waals surface area contributed by atoms with Gasteiger partial charge in [-0.1, -0.05) is 26.0 Å². The molecule has 2 unspecified atom stereocenters. The zero-order valence-electron chi connectivity index (χ0n) is 10.1. The number of hydrogen-bond acceptors (Lipinski definition) is 3. The Kier molecular flexibility index (Phi) is 5.23. The van der Waals surface area contributed by atoms with E-state index in [2.05, 4.69) is 6.92 Å². The molecule has 0 bridgehead atoms. The predicted octanol–water partition coefficient (Wildman–Crippen LogP) is 2.64. The summed E-state index contributed by atoms with van der Waals surface area (Å²) in [6, 6.07) is 0. The molecular weight excluding hydrogens is 204 g/mol. The fraction of sp³-hybridized carbons (Fsp3) is 0.692. The number of carbonyl (C=O) groups excluding carboxylic acids is 2. The number of esters is 1. The second-order valence-corrected chi connectivity index (χ2v) is 4.36. The Hall–Kier alpha value is -1.12. The van der Waals surface area contributed by atoms with E-state index in [9.17, 15) is 9.59 Å². The molecule has 3 heteroatoms. The van der Waals surface area contributed by atoms with Crippen LogP contribution >= 0.6 is 0 Å². The third-order valence-corrected chi connectivity index (χ3v) is 2.78. The molecule has 0 saturated heterocycles. The Bertz CT molecular complexity index is 281. The summed E-state index contributed by atoms with van der Waals surface area (Å²) >= 11 is 0. The van der Waals surface area contributed by atoms with Crippen molar-refractivity contribution in [1.29, 1.82) is 0 Å². The van der Waals surface area contributed by atoms with Gasteiger partial charge in [0.2, 0.25) is 0 Å². The molecule has 1 fully saturated rings. The Labute approximate surface area is 96.9 Å². The van der Waals surface area contributed by atoms with Crippen molar-refractivity contribution in [3.05, 3.63) is 12.2 Å². The van der Waals surface area contributed by atoms with Crippen molar-refractivity contribution in [2.45, 2.75) is 52.1 Å². The molecular formula is C13H20O3. The molecule has 0 N–H and O–H groups in total. The first-order chi connectivity index (χ1) is 7.63. The molecule has 1 rings (SSSR count). The van der Waals surface area contributed by atoms with Crippen LogP contribution in [0.5, 0.6) is 0 Å². The first-order valence-electron chi connectivity index (χ1n) is 6.00. The lowest BCUT2D eigenvalue weighted by Gasteiger charge is -2.14. The summed E-state index contributed by atoms with van der Waals surface area (Å²) in [5.41, 5.74) is 0. The molecule has 90 valence electrons. The fourth-order valence-electron chi connectivity index (χ4n) is 1.72. The number of hydrogen-bond donors (Lipinski definition) is 0. The van der Waals surface area contributed by atoms with Crippen molar-refractivity contribution in [2.24, 2.45) is 5.92 Å². The number of rotatable bonds is 5. The van der Waals surface area contributed by atoms with E-state index in [1.54, 1.807) is 0 Å². The van der Waals surface area contributed by atoms with E-state index < -0.39 is 0 Å². The van der Waals surface area contributed by atoms with Crippen LogP contribution in [-0.4, -0.2) is 17.9 Å². The van der Waals surface area contributed by atoms with Crippen molar-refractivity contribution in [1.82, 2.24) is 0 Å². The van der Waals surface area contributed by atoms with Gasteiger partial charge in [0.15, 0.2) is 0 Å². The number of ketones is 1. The van der Waals surface area contributed by atoms with E-state index in [4.69, 9.17) is 4.74 Å². The maximum Gasteiger partial charge on any atom is 0.309 e. The van der Waals surface area contributed by atoms with Crippen molar-refractivity contribution < 1.29 is 14.3 Å². The van der Waals surface area contributed by atoms with Gasteiger partial charge >= 0.3 is 5.97 Å². The van der Waals surface area contributed by atoms with E-state index in [1.165, 1.54) is 0 Å². The van der Waals surface area contributed by atoms with Crippen LogP contribution in [0.3, 0.4) is 0 Å². The van der Waals surface area contributed by atoms with Gasteiger partial charge in [-0.3, -0.25) is 9.59 Å². The lowest BCUT2D eigenvalue weighted by molar-refractivity contribution is -0.153. The van der Waals surface area contributed by atoms with E-state index in [0.717, 1.165) is 6.42 Å². The summed E-state index contributed by atoms with van der Waals surface area (Å²) in [5.74, 6) is -0.0877. The fourth-order valence-corrected chi connectivity index (χ4v) is 1.72. The first-order valence-corrected chi connectivity index (χ1v) is 6.00. The van der Waals surface area contributed by atoms with Crippen molar-refractivity contribution in [3.8, 4) is 0 Å². The molecule has 0 heterocycles. The van der Waals surface area contributed by atoms with Crippen LogP contribution in [-0.2, 0) is 14.3 Å². The maximum atomic E-state index is 11.6. The second kappa shape index (κ2) is 6.46. The lowest BCUT2D eigenvalue weighted by Crippen LogP contribution is -2.20. The van der Waals surface area contributed by atoms with Crippen LogP contribution in [0.15, 0.2) is 12.2 Å². The summed E-state index contributed by atoms with van der Waals surface area (Å²) in [6.07, 6.45) is 7.24. The zero-order valence-corrected chi connectivity index (χ0v) is 10.1. The zero-order chi connectivity index (χ0) is 12.0. The molecule has 0 aromatic rings. The van der Waals surface area contributed by atoms with Gasteiger partial charge in [-0.25, -0.2) is 0 Å². The smallest absolute Gasteiger partial charge is 0.309 e. The Morgan fingerprint density at radius 2 is 2.31 bits per heavy atom. The molecule has 1 aliphatic carbocycles. The lowest BCUT2D eigenvalue weighted by atomic mass is 10.1. The van der Waals surface area contributed by atoms with Crippen molar-refractivity contribution in [2.75, 3.05) is 0 Å². The average molecular weight is 224 g/mol. The third kappa shape index (κ3) is 4.17. The summed E-state index contributed by atoms with van der Waals surface area (Å²) in [5, 5.41) is 0. The highest BCUT2D eigenvalue weighted by Gasteiger charge is 2.26. The first kappa shape index (κ1) is 12.9. The number of allylic oxidation sites excluding steroid dienone is 2. The molecule has 1 saturated carbocycles. The van der Waals surface area contributed by atoms with Crippen LogP contribution in [0.1, 0.15) is 46.0 Å². The van der Waals surface area contributed by atoms with Crippen LogP contribution in [0.2, 0.25) is 0 Å². The van der Waals surface area contributed by atoms with E-state index in [1.807, 2.05) is 19.1 Å². The molecule has 1 aliphatic rings. The summed E-state index contributed by atoms with van der Waals surface area (Å²) in [7, 11) is 0. The van der Waals surface area contributed by atoms with Crippen LogP contribution in [0.4, 0.5) is 0 Å². The molecule has 0 aromatic carbocycles. The van der Waals surface area contributed by atoms with Crippen LogP contribution in [0, 0.1) is 5.92 Å². The quantitative estimate of drug-likeness (QED) is 0.532. The largest absolute Gasteiger partial charge is 0.462 e. The number of ether oxygens (including phenoxy) is 1. The molecule has 0 aromatic heterocycles. The number of carbonyl (C=O) groups is 2. The minimum atomic E-state index is -0.180. The molecule has 16 heavy (non-hydrogen) atoms. The maximum absolute atomic E-state index is 11.6. The summed E-state index contributed by atoms with van der Waals surface area (Å²) < 4.78 is 5.28. The minimum absolute atomic E-state index is 0.112. The molecule has 0 radical (unpaired) electrons. The predicted molar refractivity (Wildman–Crippen MR) is 62.0 cm³/mol. The van der Waals surface area contributed by atoms with Gasteiger partial charge < -0.3 is 4.74 Å². The Morgan fingerprint density at radius 3 is 2.88 bits per heavy atom. The van der Waals surface area contributed by atoms with Crippen molar-refractivity contribution >= 4 is 11.8 Å². The van der Waals surface area contributed by atoms with E-state index >= 15 is 0 Å². The topological polar surface area (TPSA) is 43.4 Å². The second-order valence-electron chi connectivity index (χ2n) is 4.36. The minimum Gasteiger partial charge on any atom is -0.462 e. The van der Waals surface area contributed by atoms with Gasteiger partial charge in [0.1, 0.15) is 11.9 Å². The van der Waals surface area contributed by atoms with Gasteiger partial charge in [-0.05, 0) is 19.3 Å². The van der Waals surface area contributed by atoms with Gasteiger partial charge in [0.05, 0.1) is 5.92 Å². The Balaban J connectivity index is 2.28. The molecule has 3 nitrogen and oxygen atoms in total. The monoisotopic (exact) mass is 224 g/mol. The summed E-state index contributed by atoms with van der Waals surface area (Å²) in [6.45, 7) is 3.92. The van der Waals surface area contributed by atoms with Gasteiger partial charge in [-0.2, -0.15) is 0 Å². The molecule has 0 aliphatic heterocycles. The molecule has 0 spiro atoms. The SMILES string of the molecule is CCC=CCC(C)C(=O)OC1CCC(=O)C1. The highest BCUT2D eigenvalue weighted by atomic mass is 16.5. The van der Waals surface area contributed by atoms with E-state index in [-0.39, 0.29) is 23.8 Å². The highest BCUT2D eigenvalue weighted by Crippen LogP contribution is 2.20. The van der Waals surface area contributed by atoms with Crippen LogP contribution < -0.4 is 0 Å². The molecule has 2 atom stereocenters. The number of Topliss-reactive ketones (excluding diaryl/α,β-unsaturated/α-hetero) is 1. The van der Waals surface area contributed by atoms with Gasteiger partial charge in [-0.15, -0.1) is 0 Å².